The number of carbonyl (C=O) groups is 1. The van der Waals surface area contributed by atoms with Gasteiger partial charge in [0, 0.05) is 18.4 Å². The molecule has 1 aliphatic rings. The third kappa shape index (κ3) is 4.57. The van der Waals surface area contributed by atoms with E-state index in [1.165, 1.54) is 24.8 Å². The Morgan fingerprint density at radius 1 is 1.10 bits per heavy atom. The molecule has 3 heteroatoms. The molecule has 1 amide bonds. The van der Waals surface area contributed by atoms with Gasteiger partial charge in [0.1, 0.15) is 0 Å². The molecule has 3 N–H and O–H groups in total. The van der Waals surface area contributed by atoms with Crippen LogP contribution < -0.4 is 11.1 Å². The van der Waals surface area contributed by atoms with Crippen LogP contribution >= 0.6 is 0 Å². The second-order valence-electron chi connectivity index (χ2n) is 6.23. The third-order valence-corrected chi connectivity index (χ3v) is 4.68. The fourth-order valence-corrected chi connectivity index (χ4v) is 3.10. The van der Waals surface area contributed by atoms with E-state index in [1.54, 1.807) is 0 Å². The average Bonchev–Trinajstić information content (AvgIpc) is 2.47. The SMILES string of the molecule is NCCCCCCC(=O)NCC1(c2ccccc2)CCC1. The molecule has 0 spiro atoms. The number of amides is 1. The summed E-state index contributed by atoms with van der Waals surface area (Å²) in [7, 11) is 0. The minimum absolute atomic E-state index is 0.191. The Balaban J connectivity index is 1.72. The number of carbonyl (C=O) groups excluding carboxylic acids is 1. The molecule has 1 aliphatic carbocycles. The van der Waals surface area contributed by atoms with Crippen LogP contribution in [0.1, 0.15) is 56.9 Å². The summed E-state index contributed by atoms with van der Waals surface area (Å²) in [5, 5.41) is 3.15. The van der Waals surface area contributed by atoms with Crippen molar-refractivity contribution in [1.82, 2.24) is 5.32 Å². The van der Waals surface area contributed by atoms with Crippen LogP contribution in [0.4, 0.5) is 0 Å². The van der Waals surface area contributed by atoms with Gasteiger partial charge in [0.25, 0.3) is 0 Å². The number of rotatable bonds is 9. The van der Waals surface area contributed by atoms with Gasteiger partial charge in [-0.1, -0.05) is 49.6 Å². The molecule has 3 nitrogen and oxygen atoms in total. The normalized spacial score (nSPS) is 16.2. The van der Waals surface area contributed by atoms with Crippen molar-refractivity contribution < 1.29 is 4.79 Å². The molecule has 0 atom stereocenters. The standard InChI is InChI=1S/C18H28N2O/c19-14-7-2-1-6-11-17(21)20-15-18(12-8-13-18)16-9-4-3-5-10-16/h3-5,9-10H,1-2,6-8,11-15,19H2,(H,20,21). The van der Waals surface area contributed by atoms with Crippen LogP contribution in [-0.2, 0) is 10.2 Å². The minimum Gasteiger partial charge on any atom is -0.355 e. The average molecular weight is 288 g/mol. The molecular weight excluding hydrogens is 260 g/mol. The van der Waals surface area contributed by atoms with Gasteiger partial charge in [-0.15, -0.1) is 0 Å². The first-order valence-electron chi connectivity index (χ1n) is 8.29. The van der Waals surface area contributed by atoms with Crippen molar-refractivity contribution in [1.29, 1.82) is 0 Å². The monoisotopic (exact) mass is 288 g/mol. The summed E-state index contributed by atoms with van der Waals surface area (Å²) in [6.07, 6.45) is 8.58. The zero-order valence-electron chi connectivity index (χ0n) is 12.9. The first-order valence-corrected chi connectivity index (χ1v) is 8.29. The summed E-state index contributed by atoms with van der Waals surface area (Å²) in [6, 6.07) is 10.6. The Hall–Kier alpha value is -1.35. The number of nitrogens with one attached hydrogen (secondary N) is 1. The van der Waals surface area contributed by atoms with Gasteiger partial charge in [-0.05, 0) is 37.8 Å². The molecule has 0 radical (unpaired) electrons. The quantitative estimate of drug-likeness (QED) is 0.686. The maximum Gasteiger partial charge on any atom is 0.220 e. The number of nitrogens with two attached hydrogens (primary N) is 1. The Labute approximate surface area is 128 Å². The number of hydrogen-bond acceptors (Lipinski definition) is 2. The topological polar surface area (TPSA) is 55.1 Å². The highest BCUT2D eigenvalue weighted by Crippen LogP contribution is 2.43. The van der Waals surface area contributed by atoms with Crippen molar-refractivity contribution in [3.05, 3.63) is 35.9 Å². The number of unbranched alkanes of at least 4 members (excludes halogenated alkanes) is 3. The summed E-state index contributed by atoms with van der Waals surface area (Å²) >= 11 is 0. The Kier molecular flexibility index (Phi) is 6.24. The van der Waals surface area contributed by atoms with E-state index in [0.29, 0.717) is 6.42 Å². The number of benzene rings is 1. The lowest BCUT2D eigenvalue weighted by molar-refractivity contribution is -0.121. The van der Waals surface area contributed by atoms with Crippen LogP contribution in [0.5, 0.6) is 0 Å². The molecule has 1 saturated carbocycles. The zero-order chi connectivity index (χ0) is 15.0. The van der Waals surface area contributed by atoms with E-state index in [0.717, 1.165) is 38.8 Å². The molecule has 1 fully saturated rings. The van der Waals surface area contributed by atoms with Gasteiger partial charge in [-0.2, -0.15) is 0 Å². The van der Waals surface area contributed by atoms with Crippen LogP contribution in [0.3, 0.4) is 0 Å². The summed E-state index contributed by atoms with van der Waals surface area (Å²) in [4.78, 5) is 12.0. The van der Waals surface area contributed by atoms with Gasteiger partial charge in [0.15, 0.2) is 0 Å². The summed E-state index contributed by atoms with van der Waals surface area (Å²) < 4.78 is 0. The van der Waals surface area contributed by atoms with Crippen molar-refractivity contribution in [2.45, 2.75) is 56.8 Å². The molecule has 116 valence electrons. The molecule has 0 bridgehead atoms. The molecule has 1 aromatic rings. The second kappa shape index (κ2) is 8.18. The molecule has 0 aliphatic heterocycles. The van der Waals surface area contributed by atoms with Crippen LogP contribution in [0.25, 0.3) is 0 Å². The van der Waals surface area contributed by atoms with E-state index in [1.807, 2.05) is 0 Å². The Morgan fingerprint density at radius 3 is 2.43 bits per heavy atom. The van der Waals surface area contributed by atoms with Crippen molar-refractivity contribution in [2.24, 2.45) is 5.73 Å². The highest BCUT2D eigenvalue weighted by atomic mass is 16.1. The molecule has 0 saturated heterocycles. The number of hydrogen-bond donors (Lipinski definition) is 2. The molecule has 0 aromatic heterocycles. The zero-order valence-corrected chi connectivity index (χ0v) is 12.9. The molecule has 2 rings (SSSR count). The Morgan fingerprint density at radius 2 is 1.81 bits per heavy atom. The van der Waals surface area contributed by atoms with Crippen LogP contribution in [0.15, 0.2) is 30.3 Å². The van der Waals surface area contributed by atoms with Gasteiger partial charge in [-0.25, -0.2) is 0 Å². The fraction of sp³-hybridized carbons (Fsp3) is 0.611. The molecular formula is C18H28N2O. The second-order valence-corrected chi connectivity index (χ2v) is 6.23. The van der Waals surface area contributed by atoms with Gasteiger partial charge in [-0.3, -0.25) is 4.79 Å². The molecule has 21 heavy (non-hydrogen) atoms. The summed E-state index contributed by atoms with van der Waals surface area (Å²) in [5.74, 6) is 0.199. The van der Waals surface area contributed by atoms with E-state index in [2.05, 4.69) is 35.6 Å². The Bertz CT molecular complexity index is 426. The van der Waals surface area contributed by atoms with Crippen LogP contribution in [-0.4, -0.2) is 19.0 Å². The highest BCUT2D eigenvalue weighted by Gasteiger charge is 2.38. The lowest BCUT2D eigenvalue weighted by Crippen LogP contribution is -2.45. The first-order chi connectivity index (χ1) is 10.3. The van der Waals surface area contributed by atoms with E-state index < -0.39 is 0 Å². The highest BCUT2D eigenvalue weighted by molar-refractivity contribution is 5.76. The van der Waals surface area contributed by atoms with Crippen molar-refractivity contribution >= 4 is 5.91 Å². The maximum atomic E-state index is 12.0. The molecule has 1 aromatic carbocycles. The predicted molar refractivity (Wildman–Crippen MR) is 87.1 cm³/mol. The lowest BCUT2D eigenvalue weighted by atomic mass is 9.64. The van der Waals surface area contributed by atoms with Crippen LogP contribution in [0, 0.1) is 0 Å². The van der Waals surface area contributed by atoms with Crippen LogP contribution in [0.2, 0.25) is 0 Å². The summed E-state index contributed by atoms with van der Waals surface area (Å²) in [6.45, 7) is 1.55. The van der Waals surface area contributed by atoms with Gasteiger partial charge < -0.3 is 11.1 Å². The van der Waals surface area contributed by atoms with E-state index >= 15 is 0 Å². The van der Waals surface area contributed by atoms with Crippen molar-refractivity contribution in [2.75, 3.05) is 13.1 Å². The predicted octanol–water partition coefficient (Wildman–Crippen LogP) is 3.13. The van der Waals surface area contributed by atoms with E-state index in [-0.39, 0.29) is 11.3 Å². The maximum absolute atomic E-state index is 12.0. The summed E-state index contributed by atoms with van der Waals surface area (Å²) in [5.41, 5.74) is 7.03. The van der Waals surface area contributed by atoms with Crippen molar-refractivity contribution in [3.63, 3.8) is 0 Å². The lowest BCUT2D eigenvalue weighted by Gasteiger charge is -2.42. The van der Waals surface area contributed by atoms with Gasteiger partial charge >= 0.3 is 0 Å². The largest absolute Gasteiger partial charge is 0.355 e. The van der Waals surface area contributed by atoms with Gasteiger partial charge in [0.2, 0.25) is 5.91 Å². The van der Waals surface area contributed by atoms with Gasteiger partial charge in [0.05, 0.1) is 0 Å². The van der Waals surface area contributed by atoms with E-state index in [4.69, 9.17) is 5.73 Å². The molecule has 0 heterocycles. The fourth-order valence-electron chi connectivity index (χ4n) is 3.10. The van der Waals surface area contributed by atoms with Crippen molar-refractivity contribution in [3.8, 4) is 0 Å². The first kappa shape index (κ1) is 16.0. The van der Waals surface area contributed by atoms with E-state index in [9.17, 15) is 4.79 Å². The smallest absolute Gasteiger partial charge is 0.220 e. The minimum atomic E-state index is 0.191. The third-order valence-electron chi connectivity index (χ3n) is 4.68. The molecule has 0 unspecified atom stereocenters.